The third-order valence-corrected chi connectivity index (χ3v) is 5.44. The lowest BCUT2D eigenvalue weighted by Gasteiger charge is -2.13. The van der Waals surface area contributed by atoms with Gasteiger partial charge >= 0.3 is 0 Å². The maximum Gasteiger partial charge on any atom is 0.293 e. The Morgan fingerprint density at radius 3 is 2.52 bits per heavy atom. The standard InChI is InChI=1S/C28H25N3O2/c1-5-16-33-22-14-15-25-23(17-22)26(21-12-10-20(11-13-21)18(2)3)31-27(29-25)28(32)30-24-9-7-6-8-19(24)4/h1,6-15,17-18H,16H2,2-4H3,(H,30,32). The number of benzene rings is 3. The molecule has 33 heavy (non-hydrogen) atoms. The number of hydrogen-bond donors (Lipinski definition) is 1. The number of rotatable bonds is 6. The first kappa shape index (κ1) is 22.0. The molecule has 5 heteroatoms. The van der Waals surface area contributed by atoms with Crippen LogP contribution in [0.5, 0.6) is 5.75 Å². The van der Waals surface area contributed by atoms with Crippen LogP contribution >= 0.6 is 0 Å². The lowest BCUT2D eigenvalue weighted by Crippen LogP contribution is -2.17. The molecule has 0 radical (unpaired) electrons. The van der Waals surface area contributed by atoms with Crippen LogP contribution in [-0.4, -0.2) is 22.5 Å². The molecule has 1 aromatic heterocycles. The van der Waals surface area contributed by atoms with Gasteiger partial charge in [0.25, 0.3) is 5.91 Å². The Bertz CT molecular complexity index is 1350. The van der Waals surface area contributed by atoms with Crippen LogP contribution in [0.1, 0.15) is 41.5 Å². The fraction of sp³-hybridized carbons (Fsp3) is 0.179. The first-order valence-corrected chi connectivity index (χ1v) is 10.8. The Labute approximate surface area is 193 Å². The summed E-state index contributed by atoms with van der Waals surface area (Å²) in [5, 5.41) is 3.71. The molecule has 0 atom stereocenters. The summed E-state index contributed by atoms with van der Waals surface area (Å²) in [6, 6.07) is 21.3. The fourth-order valence-electron chi connectivity index (χ4n) is 3.56. The molecule has 0 aliphatic heterocycles. The topological polar surface area (TPSA) is 64.1 Å². The van der Waals surface area contributed by atoms with E-state index in [-0.39, 0.29) is 18.3 Å². The van der Waals surface area contributed by atoms with E-state index in [1.807, 2.05) is 55.5 Å². The predicted molar refractivity (Wildman–Crippen MR) is 133 cm³/mol. The third-order valence-electron chi connectivity index (χ3n) is 5.44. The number of amides is 1. The summed E-state index contributed by atoms with van der Waals surface area (Å²) in [5.74, 6) is 3.26. The van der Waals surface area contributed by atoms with Crippen LogP contribution in [0.25, 0.3) is 22.2 Å². The molecule has 0 aliphatic carbocycles. The van der Waals surface area contributed by atoms with E-state index in [1.54, 1.807) is 6.07 Å². The smallest absolute Gasteiger partial charge is 0.293 e. The molecule has 5 nitrogen and oxygen atoms in total. The minimum Gasteiger partial charge on any atom is -0.481 e. The number of aryl methyl sites for hydroxylation is 1. The molecule has 1 heterocycles. The Balaban J connectivity index is 1.81. The maximum absolute atomic E-state index is 13.1. The van der Waals surface area contributed by atoms with E-state index in [2.05, 4.69) is 47.2 Å². The van der Waals surface area contributed by atoms with E-state index in [4.69, 9.17) is 11.2 Å². The second-order valence-electron chi connectivity index (χ2n) is 8.11. The van der Waals surface area contributed by atoms with Crippen LogP contribution < -0.4 is 10.1 Å². The number of hydrogen-bond acceptors (Lipinski definition) is 4. The zero-order chi connectivity index (χ0) is 23.4. The number of carbonyl (C=O) groups is 1. The molecule has 1 amide bonds. The lowest BCUT2D eigenvalue weighted by molar-refractivity contribution is 0.101. The highest BCUT2D eigenvalue weighted by Gasteiger charge is 2.17. The molecular formula is C28H25N3O2. The monoisotopic (exact) mass is 435 g/mol. The van der Waals surface area contributed by atoms with E-state index in [0.717, 1.165) is 22.2 Å². The molecule has 4 aromatic rings. The van der Waals surface area contributed by atoms with Gasteiger partial charge in [0.05, 0.1) is 11.2 Å². The van der Waals surface area contributed by atoms with Crippen LogP contribution in [0.15, 0.2) is 66.7 Å². The van der Waals surface area contributed by atoms with Gasteiger partial charge in [0.2, 0.25) is 5.82 Å². The normalized spacial score (nSPS) is 10.8. The van der Waals surface area contributed by atoms with Gasteiger partial charge in [0.1, 0.15) is 12.4 Å². The highest BCUT2D eigenvalue weighted by molar-refractivity contribution is 6.04. The summed E-state index contributed by atoms with van der Waals surface area (Å²) in [5.41, 5.74) is 5.13. The van der Waals surface area contributed by atoms with E-state index in [0.29, 0.717) is 22.9 Å². The van der Waals surface area contributed by atoms with Gasteiger partial charge in [-0.3, -0.25) is 4.79 Å². The van der Waals surface area contributed by atoms with E-state index >= 15 is 0 Å². The summed E-state index contributed by atoms with van der Waals surface area (Å²) in [7, 11) is 0. The van der Waals surface area contributed by atoms with Gasteiger partial charge in [-0.15, -0.1) is 6.42 Å². The van der Waals surface area contributed by atoms with E-state index in [1.165, 1.54) is 5.56 Å². The molecule has 0 saturated carbocycles. The molecule has 4 rings (SSSR count). The quantitative estimate of drug-likeness (QED) is 0.378. The highest BCUT2D eigenvalue weighted by atomic mass is 16.5. The van der Waals surface area contributed by atoms with Crippen molar-refractivity contribution in [2.75, 3.05) is 11.9 Å². The van der Waals surface area contributed by atoms with Crippen LogP contribution in [0.4, 0.5) is 5.69 Å². The Hall–Kier alpha value is -4.17. The summed E-state index contributed by atoms with van der Waals surface area (Å²) in [6.07, 6.45) is 5.33. The number of ether oxygens (including phenoxy) is 1. The molecule has 1 N–H and O–H groups in total. The number of nitrogens with zero attached hydrogens (tertiary/aromatic N) is 2. The van der Waals surface area contributed by atoms with Gasteiger partial charge in [0, 0.05) is 16.6 Å². The second kappa shape index (κ2) is 9.54. The van der Waals surface area contributed by atoms with Crippen LogP contribution in [0.2, 0.25) is 0 Å². The predicted octanol–water partition coefficient (Wildman–Crippen LogP) is 5.99. The van der Waals surface area contributed by atoms with Crippen LogP contribution in [-0.2, 0) is 0 Å². The van der Waals surface area contributed by atoms with Crippen molar-refractivity contribution in [3.05, 3.63) is 83.7 Å². The minimum absolute atomic E-state index is 0.103. The summed E-state index contributed by atoms with van der Waals surface area (Å²) in [4.78, 5) is 22.3. The van der Waals surface area contributed by atoms with Crippen molar-refractivity contribution in [1.82, 2.24) is 9.97 Å². The zero-order valence-electron chi connectivity index (χ0n) is 18.9. The molecule has 0 fully saturated rings. The molecule has 3 aromatic carbocycles. The van der Waals surface area contributed by atoms with Crippen LogP contribution in [0, 0.1) is 19.3 Å². The number of anilines is 1. The molecule has 0 bridgehead atoms. The summed E-state index contributed by atoms with van der Waals surface area (Å²) >= 11 is 0. The van der Waals surface area contributed by atoms with Crippen molar-refractivity contribution < 1.29 is 9.53 Å². The number of nitrogens with one attached hydrogen (secondary N) is 1. The van der Waals surface area contributed by atoms with Gasteiger partial charge < -0.3 is 10.1 Å². The Kier molecular flexibility index (Phi) is 6.37. The van der Waals surface area contributed by atoms with Gasteiger partial charge in [-0.1, -0.05) is 62.2 Å². The van der Waals surface area contributed by atoms with E-state index in [9.17, 15) is 4.79 Å². The van der Waals surface area contributed by atoms with Crippen molar-refractivity contribution in [3.8, 4) is 29.4 Å². The number of terminal acetylenes is 1. The van der Waals surface area contributed by atoms with Crippen molar-refractivity contribution in [1.29, 1.82) is 0 Å². The van der Waals surface area contributed by atoms with E-state index < -0.39 is 0 Å². The second-order valence-corrected chi connectivity index (χ2v) is 8.11. The molecule has 0 saturated heterocycles. The fourth-order valence-corrected chi connectivity index (χ4v) is 3.56. The lowest BCUT2D eigenvalue weighted by atomic mass is 9.99. The maximum atomic E-state index is 13.1. The van der Waals surface area contributed by atoms with Crippen molar-refractivity contribution in [2.24, 2.45) is 0 Å². The van der Waals surface area contributed by atoms with Gasteiger partial charge in [-0.05, 0) is 48.2 Å². The van der Waals surface area contributed by atoms with Crippen molar-refractivity contribution >= 4 is 22.5 Å². The van der Waals surface area contributed by atoms with Gasteiger partial charge in [-0.25, -0.2) is 9.97 Å². The summed E-state index contributed by atoms with van der Waals surface area (Å²) < 4.78 is 5.60. The molecular weight excluding hydrogens is 410 g/mol. The van der Waals surface area contributed by atoms with Gasteiger partial charge in [-0.2, -0.15) is 0 Å². The average molecular weight is 436 g/mol. The third kappa shape index (κ3) is 4.86. The average Bonchev–Trinajstić information content (AvgIpc) is 2.83. The minimum atomic E-state index is -0.362. The Morgan fingerprint density at radius 2 is 1.82 bits per heavy atom. The molecule has 0 spiro atoms. The molecule has 0 unspecified atom stereocenters. The largest absolute Gasteiger partial charge is 0.481 e. The first-order chi connectivity index (χ1) is 16.0. The summed E-state index contributed by atoms with van der Waals surface area (Å²) in [6.45, 7) is 6.41. The molecule has 0 aliphatic rings. The van der Waals surface area contributed by atoms with Crippen LogP contribution in [0.3, 0.4) is 0 Å². The SMILES string of the molecule is C#CCOc1ccc2nc(C(=O)Nc3ccccc3C)nc(-c3ccc(C(C)C)cc3)c2c1. The zero-order valence-corrected chi connectivity index (χ0v) is 18.9. The number of carbonyl (C=O) groups excluding carboxylic acids is 1. The highest BCUT2D eigenvalue weighted by Crippen LogP contribution is 2.30. The van der Waals surface area contributed by atoms with Crippen molar-refractivity contribution in [2.45, 2.75) is 26.7 Å². The number of para-hydroxylation sites is 1. The van der Waals surface area contributed by atoms with Gasteiger partial charge in [0.15, 0.2) is 0 Å². The first-order valence-electron chi connectivity index (χ1n) is 10.8. The number of fused-ring (bicyclic) bond motifs is 1. The number of aromatic nitrogens is 2. The molecule has 164 valence electrons. The Morgan fingerprint density at radius 1 is 1.06 bits per heavy atom. The van der Waals surface area contributed by atoms with Crippen molar-refractivity contribution in [3.63, 3.8) is 0 Å².